The number of nitrogens with one attached hydrogen (secondary N) is 1. The molecule has 10 heteroatoms. The molecule has 9 nitrogen and oxygen atoms in total. The monoisotopic (exact) mass is 468 g/mol. The van der Waals surface area contributed by atoms with E-state index >= 15 is 0 Å². The fourth-order valence-electron chi connectivity index (χ4n) is 3.30. The van der Waals surface area contributed by atoms with Crippen molar-refractivity contribution in [1.29, 1.82) is 0 Å². The average Bonchev–Trinajstić information content (AvgIpc) is 2.85. The van der Waals surface area contributed by atoms with Crippen LogP contribution in [0, 0.1) is 0 Å². The maximum atomic E-state index is 12.7. The van der Waals surface area contributed by atoms with Gasteiger partial charge in [-0.1, -0.05) is 12.1 Å². The molecule has 1 saturated heterocycles. The van der Waals surface area contributed by atoms with Crippen molar-refractivity contribution in [1.82, 2.24) is 14.3 Å². The number of hydrogen-bond donors (Lipinski definition) is 1. The first-order valence-corrected chi connectivity index (χ1v) is 12.0. The molecule has 33 heavy (non-hydrogen) atoms. The van der Waals surface area contributed by atoms with Crippen molar-refractivity contribution in [2.75, 3.05) is 31.6 Å². The second-order valence-corrected chi connectivity index (χ2v) is 9.30. The number of aryl methyl sites for hydroxylation is 1. The van der Waals surface area contributed by atoms with Crippen molar-refractivity contribution < 1.29 is 22.7 Å². The lowest BCUT2D eigenvalue weighted by Gasteiger charge is -2.26. The van der Waals surface area contributed by atoms with Crippen LogP contribution in [0.15, 0.2) is 71.9 Å². The topological polar surface area (TPSA) is 111 Å². The largest absolute Gasteiger partial charge is 0.424 e. The summed E-state index contributed by atoms with van der Waals surface area (Å²) in [7, 11) is -3.52. The molecule has 1 N–H and O–H groups in total. The number of carbonyl (C=O) groups excluding carboxylic acids is 1. The van der Waals surface area contributed by atoms with Gasteiger partial charge in [0.05, 0.1) is 18.1 Å². The molecular weight excluding hydrogens is 444 g/mol. The van der Waals surface area contributed by atoms with Gasteiger partial charge < -0.3 is 14.8 Å². The molecule has 1 amide bonds. The standard InChI is InChI=1S/C23H24N4O5S/c28-22(26-19-5-7-20(8-6-19)32-23-24-12-1-13-25-23)11-4-18-2-9-21(10-3-18)33(29,30)27-14-16-31-17-15-27/h1-3,5-10,12-13H,4,11,14-17H2,(H,26,28). The Balaban J connectivity index is 1.27. The van der Waals surface area contributed by atoms with Crippen LogP contribution < -0.4 is 10.1 Å². The van der Waals surface area contributed by atoms with Crippen LogP contribution in [-0.4, -0.2) is 54.9 Å². The van der Waals surface area contributed by atoms with E-state index < -0.39 is 10.0 Å². The summed E-state index contributed by atoms with van der Waals surface area (Å²) >= 11 is 0. The minimum Gasteiger partial charge on any atom is -0.424 e. The quantitative estimate of drug-likeness (QED) is 0.541. The number of aromatic nitrogens is 2. The number of amides is 1. The highest BCUT2D eigenvalue weighted by Crippen LogP contribution is 2.21. The van der Waals surface area contributed by atoms with E-state index in [-0.39, 0.29) is 23.2 Å². The van der Waals surface area contributed by atoms with E-state index in [9.17, 15) is 13.2 Å². The van der Waals surface area contributed by atoms with Crippen molar-refractivity contribution in [2.45, 2.75) is 17.7 Å². The lowest BCUT2D eigenvalue weighted by molar-refractivity contribution is -0.116. The van der Waals surface area contributed by atoms with Crippen molar-refractivity contribution in [3.63, 3.8) is 0 Å². The van der Waals surface area contributed by atoms with Gasteiger partial charge in [0.25, 0.3) is 0 Å². The summed E-state index contributed by atoms with van der Waals surface area (Å²) in [6.07, 6.45) is 3.95. The molecule has 0 radical (unpaired) electrons. The second kappa shape index (κ2) is 10.5. The summed E-state index contributed by atoms with van der Waals surface area (Å²) < 4.78 is 37.6. The molecule has 0 aliphatic carbocycles. The van der Waals surface area contributed by atoms with Crippen LogP contribution in [-0.2, 0) is 26.0 Å². The highest BCUT2D eigenvalue weighted by Gasteiger charge is 2.26. The molecule has 2 aromatic carbocycles. The Morgan fingerprint density at radius 3 is 2.33 bits per heavy atom. The normalized spacial score (nSPS) is 14.5. The van der Waals surface area contributed by atoms with E-state index in [4.69, 9.17) is 9.47 Å². The SMILES string of the molecule is O=C(CCc1ccc(S(=O)(=O)N2CCOCC2)cc1)Nc1ccc(Oc2ncccn2)cc1. The van der Waals surface area contributed by atoms with Crippen LogP contribution in [0.1, 0.15) is 12.0 Å². The number of rotatable bonds is 8. The predicted molar refractivity (Wildman–Crippen MR) is 122 cm³/mol. The van der Waals surface area contributed by atoms with E-state index in [1.165, 1.54) is 4.31 Å². The van der Waals surface area contributed by atoms with E-state index in [0.717, 1.165) is 5.56 Å². The van der Waals surface area contributed by atoms with Crippen molar-refractivity contribution in [3.05, 3.63) is 72.6 Å². The highest BCUT2D eigenvalue weighted by molar-refractivity contribution is 7.89. The molecular formula is C23H24N4O5S. The number of sulfonamides is 1. The second-order valence-electron chi connectivity index (χ2n) is 7.37. The number of ether oxygens (including phenoxy) is 2. The summed E-state index contributed by atoms with van der Waals surface area (Å²) in [6, 6.07) is 15.5. The first kappa shape index (κ1) is 22.8. The highest BCUT2D eigenvalue weighted by atomic mass is 32.2. The van der Waals surface area contributed by atoms with Crippen LogP contribution in [0.5, 0.6) is 11.8 Å². The zero-order valence-electron chi connectivity index (χ0n) is 17.9. The number of morpholine rings is 1. The molecule has 1 aliphatic heterocycles. The molecule has 1 aliphatic rings. The first-order valence-electron chi connectivity index (χ1n) is 10.5. The summed E-state index contributed by atoms with van der Waals surface area (Å²) in [4.78, 5) is 20.6. The summed E-state index contributed by atoms with van der Waals surface area (Å²) in [5.41, 5.74) is 1.53. The van der Waals surface area contributed by atoms with E-state index in [1.54, 1.807) is 67.0 Å². The van der Waals surface area contributed by atoms with Crippen molar-refractivity contribution in [3.8, 4) is 11.8 Å². The predicted octanol–water partition coefficient (Wildman–Crippen LogP) is 2.86. The Kier molecular flexibility index (Phi) is 7.28. The third kappa shape index (κ3) is 6.13. The van der Waals surface area contributed by atoms with Crippen molar-refractivity contribution in [2.24, 2.45) is 0 Å². The third-order valence-corrected chi connectivity index (χ3v) is 6.97. The van der Waals surface area contributed by atoms with Gasteiger partial charge in [-0.3, -0.25) is 4.79 Å². The first-order chi connectivity index (χ1) is 16.0. The number of benzene rings is 2. The lowest BCUT2D eigenvalue weighted by Crippen LogP contribution is -2.40. The Labute approximate surface area is 192 Å². The van der Waals surface area contributed by atoms with Gasteiger partial charge in [0.2, 0.25) is 15.9 Å². The third-order valence-electron chi connectivity index (χ3n) is 5.06. The number of carbonyl (C=O) groups is 1. The van der Waals surface area contributed by atoms with Gasteiger partial charge in [0.15, 0.2) is 0 Å². The van der Waals surface area contributed by atoms with Gasteiger partial charge >= 0.3 is 6.01 Å². The molecule has 0 atom stereocenters. The molecule has 2 heterocycles. The number of anilines is 1. The molecule has 172 valence electrons. The van der Waals surface area contributed by atoms with Crippen molar-refractivity contribution >= 4 is 21.6 Å². The van der Waals surface area contributed by atoms with Crippen LogP contribution in [0.2, 0.25) is 0 Å². The number of hydrogen-bond acceptors (Lipinski definition) is 7. The van der Waals surface area contributed by atoms with Gasteiger partial charge in [-0.2, -0.15) is 4.31 Å². The molecule has 0 spiro atoms. The molecule has 0 bridgehead atoms. The fraction of sp³-hybridized carbons (Fsp3) is 0.261. The summed E-state index contributed by atoms with van der Waals surface area (Å²) in [6.45, 7) is 1.53. The molecule has 3 aromatic rings. The van der Waals surface area contributed by atoms with Crippen LogP contribution in [0.3, 0.4) is 0 Å². The Morgan fingerprint density at radius 2 is 1.67 bits per heavy atom. The molecule has 1 fully saturated rings. The maximum Gasteiger partial charge on any atom is 0.321 e. The minimum absolute atomic E-state index is 0.139. The zero-order valence-corrected chi connectivity index (χ0v) is 18.7. The number of nitrogens with zero attached hydrogens (tertiary/aromatic N) is 3. The van der Waals surface area contributed by atoms with E-state index in [1.807, 2.05) is 0 Å². The van der Waals surface area contributed by atoms with Gasteiger partial charge in [-0.05, 0) is 54.4 Å². The summed E-state index contributed by atoms with van der Waals surface area (Å²) in [5, 5.41) is 2.84. The molecule has 0 saturated carbocycles. The lowest BCUT2D eigenvalue weighted by atomic mass is 10.1. The van der Waals surface area contributed by atoms with Gasteiger partial charge in [-0.25, -0.2) is 18.4 Å². The van der Waals surface area contributed by atoms with Crippen LogP contribution in [0.25, 0.3) is 0 Å². The zero-order chi connectivity index (χ0) is 23.1. The van der Waals surface area contributed by atoms with E-state index in [0.29, 0.717) is 44.2 Å². The molecule has 0 unspecified atom stereocenters. The molecule has 1 aromatic heterocycles. The minimum atomic E-state index is -3.52. The summed E-state index contributed by atoms with van der Waals surface area (Å²) in [5.74, 6) is 0.423. The van der Waals surface area contributed by atoms with E-state index in [2.05, 4.69) is 15.3 Å². The smallest absolute Gasteiger partial charge is 0.321 e. The Hall–Kier alpha value is -3.34. The Morgan fingerprint density at radius 1 is 1.00 bits per heavy atom. The van der Waals surface area contributed by atoms with Crippen LogP contribution >= 0.6 is 0 Å². The fourth-order valence-corrected chi connectivity index (χ4v) is 4.70. The average molecular weight is 469 g/mol. The van der Waals surface area contributed by atoms with Gasteiger partial charge in [0, 0.05) is 37.6 Å². The van der Waals surface area contributed by atoms with Crippen LogP contribution in [0.4, 0.5) is 5.69 Å². The van der Waals surface area contributed by atoms with Gasteiger partial charge in [0.1, 0.15) is 5.75 Å². The Bertz CT molecular complexity index is 1160. The molecule has 4 rings (SSSR count). The maximum absolute atomic E-state index is 12.7. The van der Waals surface area contributed by atoms with Gasteiger partial charge in [-0.15, -0.1) is 0 Å².